The van der Waals surface area contributed by atoms with Crippen molar-refractivity contribution in [2.24, 2.45) is 0 Å². The van der Waals surface area contributed by atoms with Gasteiger partial charge in [0.2, 0.25) is 0 Å². The molecule has 1 saturated carbocycles. The highest BCUT2D eigenvalue weighted by molar-refractivity contribution is 7.10. The molecule has 1 aromatic rings. The Balaban J connectivity index is 1.87. The summed E-state index contributed by atoms with van der Waals surface area (Å²) < 4.78 is 3.96. The lowest BCUT2D eigenvalue weighted by atomic mass is 10.0. The summed E-state index contributed by atoms with van der Waals surface area (Å²) in [4.78, 5) is 0. The fourth-order valence-electron chi connectivity index (χ4n) is 1.83. The lowest BCUT2D eigenvalue weighted by molar-refractivity contribution is 0.0615. The maximum absolute atomic E-state index is 10.0. The molecule has 1 fully saturated rings. The average molecular weight is 213 g/mol. The molecule has 1 heterocycles. The minimum absolute atomic E-state index is 0.515. The third-order valence-electron chi connectivity index (χ3n) is 2.65. The van der Waals surface area contributed by atoms with E-state index in [0.717, 1.165) is 30.7 Å². The van der Waals surface area contributed by atoms with Crippen LogP contribution in [0.5, 0.6) is 0 Å². The molecule has 5 heteroatoms. The highest BCUT2D eigenvalue weighted by Gasteiger charge is 2.30. The smallest absolute Gasteiger partial charge is 0.139 e. The first kappa shape index (κ1) is 9.73. The molecule has 0 radical (unpaired) electrons. The van der Waals surface area contributed by atoms with Crippen molar-refractivity contribution in [2.75, 3.05) is 17.6 Å². The average Bonchev–Trinajstić information content (AvgIpc) is 2.73. The molecule has 1 aliphatic carbocycles. The van der Waals surface area contributed by atoms with E-state index in [9.17, 15) is 5.11 Å². The topological polar surface area (TPSA) is 71.2 Å². The van der Waals surface area contributed by atoms with Gasteiger partial charge in [0, 0.05) is 12.6 Å². The quantitative estimate of drug-likeness (QED) is 0.710. The second-order valence-electron chi connectivity index (χ2n) is 3.90. The molecule has 1 aromatic heterocycles. The van der Waals surface area contributed by atoms with E-state index in [1.165, 1.54) is 11.5 Å². The lowest BCUT2D eigenvalue weighted by Gasteiger charge is -2.22. The Hall–Kier alpha value is -0.810. The van der Waals surface area contributed by atoms with Crippen molar-refractivity contribution >= 4 is 22.4 Å². The zero-order valence-electron chi connectivity index (χ0n) is 7.99. The SMILES string of the molecule is Nc1cc(NCC2(O)CCCC2)sn1. The van der Waals surface area contributed by atoms with Crippen LogP contribution in [0.2, 0.25) is 0 Å². The fourth-order valence-corrected chi connectivity index (χ4v) is 2.40. The molecule has 0 atom stereocenters. The maximum atomic E-state index is 10.0. The second kappa shape index (κ2) is 3.74. The highest BCUT2D eigenvalue weighted by atomic mass is 32.1. The van der Waals surface area contributed by atoms with E-state index >= 15 is 0 Å². The number of nitrogen functional groups attached to an aromatic ring is 1. The normalized spacial score (nSPS) is 19.8. The van der Waals surface area contributed by atoms with Crippen molar-refractivity contribution in [1.82, 2.24) is 4.37 Å². The third kappa shape index (κ3) is 2.16. The number of hydrogen-bond donors (Lipinski definition) is 3. The van der Waals surface area contributed by atoms with Gasteiger partial charge in [-0.1, -0.05) is 12.8 Å². The van der Waals surface area contributed by atoms with Crippen molar-refractivity contribution in [2.45, 2.75) is 31.3 Å². The van der Waals surface area contributed by atoms with Gasteiger partial charge in [0.1, 0.15) is 10.8 Å². The van der Waals surface area contributed by atoms with Crippen molar-refractivity contribution in [1.29, 1.82) is 0 Å². The van der Waals surface area contributed by atoms with Crippen LogP contribution in [0.1, 0.15) is 25.7 Å². The van der Waals surface area contributed by atoms with Crippen LogP contribution in [-0.2, 0) is 0 Å². The predicted octanol–water partition coefficient (Wildman–Crippen LogP) is 1.44. The Morgan fingerprint density at radius 1 is 1.57 bits per heavy atom. The summed E-state index contributed by atoms with van der Waals surface area (Å²) in [5, 5.41) is 14.2. The zero-order chi connectivity index (χ0) is 10.0. The second-order valence-corrected chi connectivity index (χ2v) is 4.71. The fraction of sp³-hybridized carbons (Fsp3) is 0.667. The molecule has 1 aliphatic rings. The molecule has 0 aliphatic heterocycles. The van der Waals surface area contributed by atoms with E-state index in [2.05, 4.69) is 9.69 Å². The number of aromatic nitrogens is 1. The number of rotatable bonds is 3. The third-order valence-corrected chi connectivity index (χ3v) is 3.42. The van der Waals surface area contributed by atoms with Gasteiger partial charge in [-0.3, -0.25) is 0 Å². The number of aliphatic hydroxyl groups is 1. The summed E-state index contributed by atoms with van der Waals surface area (Å²) in [6.07, 6.45) is 4.05. The van der Waals surface area contributed by atoms with Gasteiger partial charge in [0.05, 0.1) is 5.60 Å². The zero-order valence-corrected chi connectivity index (χ0v) is 8.81. The van der Waals surface area contributed by atoms with E-state index in [1.807, 2.05) is 0 Å². The predicted molar refractivity (Wildman–Crippen MR) is 58.4 cm³/mol. The van der Waals surface area contributed by atoms with Crippen LogP contribution in [0.15, 0.2) is 6.07 Å². The largest absolute Gasteiger partial charge is 0.388 e. The molecule has 0 bridgehead atoms. The van der Waals surface area contributed by atoms with Crippen LogP contribution in [0.25, 0.3) is 0 Å². The van der Waals surface area contributed by atoms with E-state index < -0.39 is 5.60 Å². The molecular weight excluding hydrogens is 198 g/mol. The first-order chi connectivity index (χ1) is 6.68. The van der Waals surface area contributed by atoms with Gasteiger partial charge in [-0.25, -0.2) is 0 Å². The van der Waals surface area contributed by atoms with E-state index in [4.69, 9.17) is 5.73 Å². The first-order valence-electron chi connectivity index (χ1n) is 4.86. The van der Waals surface area contributed by atoms with Gasteiger partial charge < -0.3 is 16.2 Å². The van der Waals surface area contributed by atoms with E-state index in [1.54, 1.807) is 6.07 Å². The minimum atomic E-state index is -0.515. The van der Waals surface area contributed by atoms with Crippen LogP contribution in [-0.4, -0.2) is 21.6 Å². The number of hydrogen-bond acceptors (Lipinski definition) is 5. The van der Waals surface area contributed by atoms with Gasteiger partial charge in [0.25, 0.3) is 0 Å². The molecule has 0 spiro atoms. The molecule has 0 unspecified atom stereocenters. The van der Waals surface area contributed by atoms with Crippen LogP contribution in [0, 0.1) is 0 Å². The van der Waals surface area contributed by atoms with Gasteiger partial charge >= 0.3 is 0 Å². The number of nitrogens with one attached hydrogen (secondary N) is 1. The summed E-state index contributed by atoms with van der Waals surface area (Å²) >= 11 is 1.33. The van der Waals surface area contributed by atoms with Crippen LogP contribution in [0.4, 0.5) is 10.8 Å². The number of nitrogens with two attached hydrogens (primary N) is 1. The van der Waals surface area contributed by atoms with Crippen LogP contribution < -0.4 is 11.1 Å². The van der Waals surface area contributed by atoms with E-state index in [0.29, 0.717) is 12.4 Å². The van der Waals surface area contributed by atoms with Crippen LogP contribution in [0.3, 0.4) is 0 Å². The van der Waals surface area contributed by atoms with Gasteiger partial charge in [-0.15, -0.1) is 0 Å². The van der Waals surface area contributed by atoms with Gasteiger partial charge in [-0.2, -0.15) is 4.37 Å². The summed E-state index contributed by atoms with van der Waals surface area (Å²) in [5.41, 5.74) is 4.98. The van der Waals surface area contributed by atoms with Gasteiger partial charge in [0.15, 0.2) is 0 Å². The van der Waals surface area contributed by atoms with Gasteiger partial charge in [-0.05, 0) is 24.4 Å². The molecule has 0 aromatic carbocycles. The Morgan fingerprint density at radius 3 is 2.86 bits per heavy atom. The molecule has 14 heavy (non-hydrogen) atoms. The van der Waals surface area contributed by atoms with Crippen molar-refractivity contribution in [3.8, 4) is 0 Å². The molecule has 2 rings (SSSR count). The lowest BCUT2D eigenvalue weighted by Crippen LogP contribution is -2.33. The summed E-state index contributed by atoms with van der Waals surface area (Å²) in [7, 11) is 0. The standard InChI is InChI=1S/C9H15N3OS/c10-7-5-8(14-12-7)11-6-9(13)3-1-2-4-9/h5,11,13H,1-4,6H2,(H2,10,12). The molecule has 4 nitrogen and oxygen atoms in total. The monoisotopic (exact) mass is 213 g/mol. The Bertz CT molecular complexity index is 307. The molecule has 0 saturated heterocycles. The Labute approximate surface area is 87.3 Å². The van der Waals surface area contributed by atoms with E-state index in [-0.39, 0.29) is 0 Å². The number of anilines is 2. The summed E-state index contributed by atoms with van der Waals surface area (Å²) in [6, 6.07) is 1.79. The molecule has 78 valence electrons. The van der Waals surface area contributed by atoms with Crippen LogP contribution >= 0.6 is 11.5 Å². The molecule has 0 amide bonds. The Kier molecular flexibility index (Phi) is 2.60. The van der Waals surface area contributed by atoms with Crippen molar-refractivity contribution in [3.05, 3.63) is 6.07 Å². The number of nitrogens with zero attached hydrogens (tertiary/aromatic N) is 1. The summed E-state index contributed by atoms with van der Waals surface area (Å²) in [6.45, 7) is 0.606. The first-order valence-corrected chi connectivity index (χ1v) is 5.64. The molecule has 4 N–H and O–H groups in total. The Morgan fingerprint density at radius 2 is 2.29 bits per heavy atom. The van der Waals surface area contributed by atoms with Crippen molar-refractivity contribution in [3.63, 3.8) is 0 Å². The molecular formula is C9H15N3OS. The summed E-state index contributed by atoms with van der Waals surface area (Å²) in [5.74, 6) is 0.538. The minimum Gasteiger partial charge on any atom is -0.388 e. The van der Waals surface area contributed by atoms with Crippen molar-refractivity contribution < 1.29 is 5.11 Å². The maximum Gasteiger partial charge on any atom is 0.139 e. The highest BCUT2D eigenvalue weighted by Crippen LogP contribution is 2.30.